The molecular weight excluding hydrogens is 324 g/mol. The molecule has 0 bridgehead atoms. The van der Waals surface area contributed by atoms with Crippen LogP contribution in [-0.2, 0) is 13.0 Å². The Bertz CT molecular complexity index is 881. The molecule has 0 unspecified atom stereocenters. The van der Waals surface area contributed by atoms with E-state index >= 15 is 0 Å². The Hall–Kier alpha value is -2.88. The van der Waals surface area contributed by atoms with Crippen molar-refractivity contribution in [2.24, 2.45) is 0 Å². The number of aromatic nitrogens is 2. The smallest absolute Gasteiger partial charge is 0.278 e. The summed E-state index contributed by atoms with van der Waals surface area (Å²) in [7, 11) is 0. The number of nitrogens with zero attached hydrogens (tertiary/aromatic N) is 2. The fourth-order valence-electron chi connectivity index (χ4n) is 3.04. The van der Waals surface area contributed by atoms with Gasteiger partial charge in [-0.15, -0.1) is 0 Å². The van der Waals surface area contributed by atoms with Crippen LogP contribution in [0.4, 0.5) is 0 Å². The molecule has 2 aromatic carbocycles. The summed E-state index contributed by atoms with van der Waals surface area (Å²) in [5, 5.41) is 4.44. The third-order valence-corrected chi connectivity index (χ3v) is 4.48. The van der Waals surface area contributed by atoms with E-state index in [1.165, 1.54) is 10.2 Å². The Balaban J connectivity index is 1.72. The summed E-state index contributed by atoms with van der Waals surface area (Å²) in [5.74, 6) is 0.632. The van der Waals surface area contributed by atoms with E-state index < -0.39 is 0 Å². The van der Waals surface area contributed by atoms with Crippen LogP contribution in [0.5, 0.6) is 5.75 Å². The quantitative estimate of drug-likeness (QED) is 0.647. The van der Waals surface area contributed by atoms with E-state index in [-0.39, 0.29) is 5.91 Å². The van der Waals surface area contributed by atoms with Gasteiger partial charge in [0.15, 0.2) is 0 Å². The molecule has 0 amide bonds. The topological polar surface area (TPSA) is 44.1 Å². The van der Waals surface area contributed by atoms with E-state index in [1.54, 1.807) is 12.1 Å². The average Bonchev–Trinajstić information content (AvgIpc) is 2.96. The molecule has 4 heteroatoms. The van der Waals surface area contributed by atoms with Gasteiger partial charge >= 0.3 is 0 Å². The van der Waals surface area contributed by atoms with Crippen molar-refractivity contribution in [3.05, 3.63) is 82.7 Å². The van der Waals surface area contributed by atoms with Gasteiger partial charge in [-0.3, -0.25) is 4.79 Å². The van der Waals surface area contributed by atoms with Gasteiger partial charge < -0.3 is 4.74 Å². The maximum absolute atomic E-state index is 12.8. The van der Waals surface area contributed by atoms with E-state index in [1.807, 2.05) is 56.3 Å². The van der Waals surface area contributed by atoms with E-state index in [0.717, 1.165) is 35.5 Å². The Morgan fingerprint density at radius 3 is 2.38 bits per heavy atom. The highest BCUT2D eigenvalue weighted by Crippen LogP contribution is 2.19. The number of carbonyl (C=O) groups is 1. The molecular formula is C22H24N2O2. The second-order valence-electron chi connectivity index (χ2n) is 6.41. The molecule has 0 N–H and O–H groups in total. The van der Waals surface area contributed by atoms with Crippen molar-refractivity contribution in [2.45, 2.75) is 40.2 Å². The summed E-state index contributed by atoms with van der Waals surface area (Å²) in [5.41, 5.74) is 4.74. The van der Waals surface area contributed by atoms with E-state index in [2.05, 4.69) is 12.0 Å². The summed E-state index contributed by atoms with van der Waals surface area (Å²) in [6.45, 7) is 6.56. The Labute approximate surface area is 154 Å². The second-order valence-corrected chi connectivity index (χ2v) is 6.41. The van der Waals surface area contributed by atoms with Crippen LogP contribution in [0.2, 0.25) is 0 Å². The first kappa shape index (κ1) is 17.9. The van der Waals surface area contributed by atoms with Crippen molar-refractivity contribution in [1.29, 1.82) is 0 Å². The molecule has 0 aliphatic rings. The predicted octanol–water partition coefficient (Wildman–Crippen LogP) is 4.72. The summed E-state index contributed by atoms with van der Waals surface area (Å²) in [4.78, 5) is 12.8. The monoisotopic (exact) mass is 348 g/mol. The summed E-state index contributed by atoms with van der Waals surface area (Å²) in [6.07, 6.45) is 1.98. The fourth-order valence-corrected chi connectivity index (χ4v) is 3.04. The molecule has 0 fully saturated rings. The van der Waals surface area contributed by atoms with Crippen molar-refractivity contribution in [1.82, 2.24) is 9.78 Å². The molecule has 26 heavy (non-hydrogen) atoms. The summed E-state index contributed by atoms with van der Waals surface area (Å²) < 4.78 is 7.29. The van der Waals surface area contributed by atoms with Crippen LogP contribution in [0.3, 0.4) is 0 Å². The third kappa shape index (κ3) is 3.85. The van der Waals surface area contributed by atoms with Gasteiger partial charge in [0.1, 0.15) is 12.4 Å². The molecule has 1 aromatic heterocycles. The van der Waals surface area contributed by atoms with Crippen LogP contribution < -0.4 is 4.74 Å². The predicted molar refractivity (Wildman–Crippen MR) is 103 cm³/mol. The zero-order valence-corrected chi connectivity index (χ0v) is 15.5. The number of hydrogen-bond acceptors (Lipinski definition) is 3. The van der Waals surface area contributed by atoms with Gasteiger partial charge in [-0.1, -0.05) is 43.7 Å². The van der Waals surface area contributed by atoms with E-state index in [4.69, 9.17) is 4.74 Å². The number of ether oxygens (including phenoxy) is 1. The van der Waals surface area contributed by atoms with Crippen molar-refractivity contribution in [3.8, 4) is 5.75 Å². The van der Waals surface area contributed by atoms with Crippen LogP contribution in [0.15, 0.2) is 54.6 Å². The number of hydrogen-bond donors (Lipinski definition) is 0. The number of aryl methyl sites for hydroxylation is 1. The van der Waals surface area contributed by atoms with E-state index in [0.29, 0.717) is 12.2 Å². The lowest BCUT2D eigenvalue weighted by Gasteiger charge is -2.08. The van der Waals surface area contributed by atoms with Gasteiger partial charge in [-0.05, 0) is 55.7 Å². The first-order chi connectivity index (χ1) is 12.6. The lowest BCUT2D eigenvalue weighted by Crippen LogP contribution is -2.15. The molecule has 0 atom stereocenters. The lowest BCUT2D eigenvalue weighted by molar-refractivity contribution is 0.0942. The number of benzene rings is 2. The third-order valence-electron chi connectivity index (χ3n) is 4.48. The van der Waals surface area contributed by atoms with Crippen LogP contribution >= 0.6 is 0 Å². The Morgan fingerprint density at radius 1 is 1.04 bits per heavy atom. The summed E-state index contributed by atoms with van der Waals surface area (Å²) in [6, 6.07) is 17.2. The maximum Gasteiger partial charge on any atom is 0.278 e. The van der Waals surface area contributed by atoms with Gasteiger partial charge in [0.25, 0.3) is 5.91 Å². The standard InChI is InChI=1S/C22H24N2O2/c1-4-8-21-16(2)23-24(17(21)3)22(25)19-11-13-20(14-12-19)26-15-18-9-6-5-7-10-18/h5-7,9-14H,4,8,15H2,1-3H3. The summed E-state index contributed by atoms with van der Waals surface area (Å²) >= 11 is 0. The number of carbonyl (C=O) groups excluding carboxylic acids is 1. The van der Waals surface area contributed by atoms with E-state index in [9.17, 15) is 4.79 Å². The normalized spacial score (nSPS) is 10.7. The maximum atomic E-state index is 12.8. The minimum Gasteiger partial charge on any atom is -0.489 e. The van der Waals surface area contributed by atoms with Crippen LogP contribution in [0, 0.1) is 13.8 Å². The average molecular weight is 348 g/mol. The zero-order valence-electron chi connectivity index (χ0n) is 15.5. The highest BCUT2D eigenvalue weighted by molar-refractivity contribution is 5.96. The first-order valence-electron chi connectivity index (χ1n) is 8.96. The van der Waals surface area contributed by atoms with Crippen molar-refractivity contribution in [3.63, 3.8) is 0 Å². The molecule has 0 saturated heterocycles. The van der Waals surface area contributed by atoms with Crippen molar-refractivity contribution in [2.75, 3.05) is 0 Å². The van der Waals surface area contributed by atoms with Crippen LogP contribution in [-0.4, -0.2) is 15.7 Å². The molecule has 3 rings (SSSR count). The van der Waals surface area contributed by atoms with Crippen LogP contribution in [0.25, 0.3) is 0 Å². The highest BCUT2D eigenvalue weighted by Gasteiger charge is 2.17. The molecule has 0 aliphatic heterocycles. The second kappa shape index (κ2) is 8.00. The minimum atomic E-state index is -0.109. The highest BCUT2D eigenvalue weighted by atomic mass is 16.5. The van der Waals surface area contributed by atoms with Gasteiger partial charge in [-0.2, -0.15) is 5.10 Å². The fraction of sp³-hybridized carbons (Fsp3) is 0.273. The molecule has 134 valence electrons. The van der Waals surface area contributed by atoms with Gasteiger partial charge in [-0.25, -0.2) is 4.68 Å². The van der Waals surface area contributed by atoms with Crippen molar-refractivity contribution >= 4 is 5.91 Å². The molecule has 0 spiro atoms. The molecule has 4 nitrogen and oxygen atoms in total. The zero-order chi connectivity index (χ0) is 18.5. The Morgan fingerprint density at radius 2 is 1.73 bits per heavy atom. The van der Waals surface area contributed by atoms with Crippen LogP contribution in [0.1, 0.15) is 46.2 Å². The SMILES string of the molecule is CCCc1c(C)nn(C(=O)c2ccc(OCc3ccccc3)cc2)c1C. The molecule has 3 aromatic rings. The first-order valence-corrected chi connectivity index (χ1v) is 8.96. The van der Waals surface area contributed by atoms with Gasteiger partial charge in [0.05, 0.1) is 5.69 Å². The molecule has 0 radical (unpaired) electrons. The molecule has 0 aliphatic carbocycles. The minimum absolute atomic E-state index is 0.109. The largest absolute Gasteiger partial charge is 0.489 e. The number of rotatable bonds is 6. The van der Waals surface area contributed by atoms with Gasteiger partial charge in [0, 0.05) is 11.3 Å². The molecule has 0 saturated carbocycles. The van der Waals surface area contributed by atoms with Crippen molar-refractivity contribution < 1.29 is 9.53 Å². The molecule has 1 heterocycles. The lowest BCUT2D eigenvalue weighted by atomic mass is 10.1. The van der Waals surface area contributed by atoms with Gasteiger partial charge in [0.2, 0.25) is 0 Å². The Kier molecular flexibility index (Phi) is 5.52.